The van der Waals surface area contributed by atoms with Crippen LogP contribution in [0.25, 0.3) is 0 Å². The highest BCUT2D eigenvalue weighted by atomic mass is 16.1. The van der Waals surface area contributed by atoms with Crippen LogP contribution < -0.4 is 0 Å². The number of Topliss-reactive ketones (excluding diaryl/α,β-unsaturated/α-hetero) is 1. The third-order valence-corrected chi connectivity index (χ3v) is 4.44. The fourth-order valence-electron chi connectivity index (χ4n) is 3.64. The van der Waals surface area contributed by atoms with Gasteiger partial charge in [-0.15, -0.1) is 0 Å². The molecule has 0 heterocycles. The van der Waals surface area contributed by atoms with E-state index in [2.05, 4.69) is 13.8 Å². The normalized spacial score (nSPS) is 28.8. The summed E-state index contributed by atoms with van der Waals surface area (Å²) in [5.41, 5.74) is 3.88. The topological polar surface area (TPSA) is 17.1 Å². The van der Waals surface area contributed by atoms with Crippen molar-refractivity contribution >= 4 is 5.78 Å². The zero-order valence-corrected chi connectivity index (χ0v) is 10.9. The minimum absolute atomic E-state index is 0.365. The second kappa shape index (κ2) is 4.35. The maximum Gasteiger partial charge on any atom is 0.130 e. The molecule has 0 amide bonds. The van der Waals surface area contributed by atoms with Crippen LogP contribution in [0.4, 0.5) is 0 Å². The highest BCUT2D eigenvalue weighted by Gasteiger charge is 2.33. The van der Waals surface area contributed by atoms with Crippen molar-refractivity contribution in [2.75, 3.05) is 0 Å². The lowest BCUT2D eigenvalue weighted by atomic mass is 9.65. The third kappa shape index (κ3) is 2.39. The average Bonchev–Trinajstić information content (AvgIpc) is 2.15. The molecule has 0 saturated heterocycles. The number of carbonyl (C=O) groups excluding carboxylic acids is 1. The molecule has 0 fully saturated rings. The van der Waals surface area contributed by atoms with Crippen molar-refractivity contribution in [3.8, 4) is 0 Å². The van der Waals surface area contributed by atoms with E-state index in [0.29, 0.717) is 17.1 Å². The minimum Gasteiger partial charge on any atom is -0.300 e. The molecule has 2 rings (SSSR count). The fourth-order valence-corrected chi connectivity index (χ4v) is 3.64. The van der Waals surface area contributed by atoms with E-state index >= 15 is 0 Å². The number of carbonyl (C=O) groups is 1. The summed E-state index contributed by atoms with van der Waals surface area (Å²) in [5, 5.41) is 0. The van der Waals surface area contributed by atoms with Crippen molar-refractivity contribution in [3.05, 3.63) is 11.1 Å². The Kier molecular flexibility index (Phi) is 3.23. The molecule has 1 atom stereocenters. The van der Waals surface area contributed by atoms with Crippen LogP contribution in [0.15, 0.2) is 11.1 Å². The van der Waals surface area contributed by atoms with E-state index in [4.69, 9.17) is 0 Å². The van der Waals surface area contributed by atoms with Gasteiger partial charge in [-0.2, -0.15) is 0 Å². The molecular weight excluding hydrogens is 196 g/mol. The molecule has 1 nitrogen and oxygen atoms in total. The van der Waals surface area contributed by atoms with Crippen LogP contribution >= 0.6 is 0 Å². The maximum atomic E-state index is 11.2. The van der Waals surface area contributed by atoms with Gasteiger partial charge in [-0.3, -0.25) is 0 Å². The Hall–Kier alpha value is -0.590. The first-order valence-corrected chi connectivity index (χ1v) is 6.70. The molecule has 0 aliphatic heterocycles. The van der Waals surface area contributed by atoms with Crippen LogP contribution in [-0.2, 0) is 4.79 Å². The number of ketones is 1. The standard InChI is InChI=1S/C15H24O/c1-11(16)9-12-6-7-14-13(10-12)5-4-8-15(14,2)3/h12H,4-10H2,1-3H3. The van der Waals surface area contributed by atoms with Gasteiger partial charge in [-0.1, -0.05) is 25.0 Å². The zero-order valence-electron chi connectivity index (χ0n) is 10.9. The Morgan fingerprint density at radius 2 is 2.12 bits per heavy atom. The fraction of sp³-hybridized carbons (Fsp3) is 0.800. The zero-order chi connectivity index (χ0) is 11.8. The Labute approximate surface area is 99.3 Å². The van der Waals surface area contributed by atoms with Gasteiger partial charge >= 0.3 is 0 Å². The van der Waals surface area contributed by atoms with Gasteiger partial charge in [0.1, 0.15) is 5.78 Å². The number of hydrogen-bond donors (Lipinski definition) is 0. The summed E-state index contributed by atoms with van der Waals surface area (Å²) in [6, 6.07) is 0. The quantitative estimate of drug-likeness (QED) is 0.635. The van der Waals surface area contributed by atoms with Crippen molar-refractivity contribution in [3.63, 3.8) is 0 Å². The Morgan fingerprint density at radius 1 is 1.38 bits per heavy atom. The monoisotopic (exact) mass is 220 g/mol. The summed E-state index contributed by atoms with van der Waals surface area (Å²) in [6.45, 7) is 6.52. The Bertz CT molecular complexity index is 322. The average molecular weight is 220 g/mol. The molecule has 0 N–H and O–H groups in total. The molecule has 1 heteroatoms. The van der Waals surface area contributed by atoms with E-state index in [-0.39, 0.29) is 0 Å². The molecular formula is C15H24O. The third-order valence-electron chi connectivity index (χ3n) is 4.44. The van der Waals surface area contributed by atoms with E-state index in [9.17, 15) is 4.79 Å². The molecule has 2 aliphatic rings. The highest BCUT2D eigenvalue weighted by molar-refractivity contribution is 5.75. The highest BCUT2D eigenvalue weighted by Crippen LogP contribution is 2.48. The molecule has 0 aromatic carbocycles. The molecule has 0 aromatic rings. The summed E-state index contributed by atoms with van der Waals surface area (Å²) < 4.78 is 0. The van der Waals surface area contributed by atoms with E-state index in [1.165, 1.54) is 38.5 Å². The SMILES string of the molecule is CC(=O)CC1CCC2=C(CCCC2(C)C)C1. The van der Waals surface area contributed by atoms with E-state index in [0.717, 1.165) is 6.42 Å². The first kappa shape index (κ1) is 11.9. The van der Waals surface area contributed by atoms with Crippen molar-refractivity contribution in [1.82, 2.24) is 0 Å². The van der Waals surface area contributed by atoms with E-state index < -0.39 is 0 Å². The summed E-state index contributed by atoms with van der Waals surface area (Å²) in [4.78, 5) is 11.2. The van der Waals surface area contributed by atoms with Crippen molar-refractivity contribution in [2.24, 2.45) is 11.3 Å². The lowest BCUT2D eigenvalue weighted by Gasteiger charge is -2.40. The van der Waals surface area contributed by atoms with E-state index in [1.807, 2.05) is 0 Å². The largest absolute Gasteiger partial charge is 0.300 e. The molecule has 0 radical (unpaired) electrons. The van der Waals surface area contributed by atoms with Crippen LogP contribution in [-0.4, -0.2) is 5.78 Å². The molecule has 90 valence electrons. The number of rotatable bonds is 2. The Balaban J connectivity index is 2.11. The van der Waals surface area contributed by atoms with Gasteiger partial charge in [-0.05, 0) is 56.8 Å². The molecule has 16 heavy (non-hydrogen) atoms. The van der Waals surface area contributed by atoms with Crippen molar-refractivity contribution in [1.29, 1.82) is 0 Å². The van der Waals surface area contributed by atoms with Gasteiger partial charge in [0.2, 0.25) is 0 Å². The van der Waals surface area contributed by atoms with Gasteiger partial charge in [-0.25, -0.2) is 0 Å². The van der Waals surface area contributed by atoms with Gasteiger partial charge < -0.3 is 4.79 Å². The Morgan fingerprint density at radius 3 is 2.81 bits per heavy atom. The van der Waals surface area contributed by atoms with Gasteiger partial charge in [0.25, 0.3) is 0 Å². The summed E-state index contributed by atoms with van der Waals surface area (Å²) in [6.07, 6.45) is 8.49. The lowest BCUT2D eigenvalue weighted by molar-refractivity contribution is -0.117. The predicted molar refractivity (Wildman–Crippen MR) is 67.3 cm³/mol. The van der Waals surface area contributed by atoms with Crippen molar-refractivity contribution < 1.29 is 4.79 Å². The van der Waals surface area contributed by atoms with Gasteiger partial charge in [0.05, 0.1) is 0 Å². The van der Waals surface area contributed by atoms with Crippen molar-refractivity contribution in [2.45, 2.75) is 65.7 Å². The van der Waals surface area contributed by atoms with Gasteiger partial charge in [0.15, 0.2) is 0 Å². The maximum absolute atomic E-state index is 11.2. The summed E-state index contributed by atoms with van der Waals surface area (Å²) >= 11 is 0. The second-order valence-electron chi connectivity index (χ2n) is 6.33. The first-order valence-electron chi connectivity index (χ1n) is 6.70. The molecule has 1 unspecified atom stereocenters. The summed E-state index contributed by atoms with van der Waals surface area (Å²) in [7, 11) is 0. The smallest absolute Gasteiger partial charge is 0.130 e. The van der Waals surface area contributed by atoms with Crippen LogP contribution in [0, 0.1) is 11.3 Å². The lowest BCUT2D eigenvalue weighted by Crippen LogP contribution is -2.26. The van der Waals surface area contributed by atoms with Crippen LogP contribution in [0.1, 0.15) is 65.7 Å². The summed E-state index contributed by atoms with van der Waals surface area (Å²) in [5.74, 6) is 1.01. The molecule has 0 saturated carbocycles. The van der Waals surface area contributed by atoms with Gasteiger partial charge in [0, 0.05) is 6.42 Å². The number of allylic oxidation sites excluding steroid dienone is 2. The minimum atomic E-state index is 0.365. The van der Waals surface area contributed by atoms with Crippen LogP contribution in [0.2, 0.25) is 0 Å². The molecule has 0 spiro atoms. The predicted octanol–water partition coefficient (Wildman–Crippen LogP) is 4.27. The second-order valence-corrected chi connectivity index (χ2v) is 6.33. The molecule has 0 bridgehead atoms. The van der Waals surface area contributed by atoms with Crippen LogP contribution in [0.3, 0.4) is 0 Å². The number of hydrogen-bond acceptors (Lipinski definition) is 1. The first-order chi connectivity index (χ1) is 7.49. The molecule has 0 aromatic heterocycles. The van der Waals surface area contributed by atoms with Crippen LogP contribution in [0.5, 0.6) is 0 Å². The van der Waals surface area contributed by atoms with E-state index in [1.54, 1.807) is 18.1 Å². The molecule has 2 aliphatic carbocycles.